The largest absolute Gasteiger partial charge is 0.492 e. The third-order valence-electron chi connectivity index (χ3n) is 6.45. The summed E-state index contributed by atoms with van der Waals surface area (Å²) in [5.74, 6) is 0.119. The van der Waals surface area contributed by atoms with Crippen LogP contribution in [0, 0.1) is 5.82 Å². The molecule has 0 bridgehead atoms. The maximum Gasteiger partial charge on any atom is 0.127 e. The lowest BCUT2D eigenvalue weighted by molar-refractivity contribution is 0.260. The number of aromatic nitrogens is 5. The van der Waals surface area contributed by atoms with Crippen LogP contribution >= 0.6 is 0 Å². The van der Waals surface area contributed by atoms with Crippen molar-refractivity contribution in [1.82, 2.24) is 30.0 Å². The first-order valence-corrected chi connectivity index (χ1v) is 12.2. The minimum Gasteiger partial charge on any atom is -0.492 e. The summed E-state index contributed by atoms with van der Waals surface area (Å²) in [6.07, 6.45) is 6.91. The summed E-state index contributed by atoms with van der Waals surface area (Å²) in [5.41, 5.74) is 13.3. The third-order valence-corrected chi connectivity index (χ3v) is 6.45. The molecular formula is C29H26FN7O. The molecule has 38 heavy (non-hydrogen) atoms. The molecule has 0 saturated carbocycles. The maximum atomic E-state index is 14.6. The van der Waals surface area contributed by atoms with E-state index in [4.69, 9.17) is 10.5 Å². The highest BCUT2D eigenvalue weighted by Gasteiger charge is 2.16. The van der Waals surface area contributed by atoms with Crippen molar-refractivity contribution in [2.45, 2.75) is 0 Å². The van der Waals surface area contributed by atoms with Crippen LogP contribution in [0.1, 0.15) is 0 Å². The summed E-state index contributed by atoms with van der Waals surface area (Å²) in [4.78, 5) is 14.1. The van der Waals surface area contributed by atoms with Crippen LogP contribution in [0.5, 0.6) is 5.75 Å². The predicted octanol–water partition coefficient (Wildman–Crippen LogP) is 5.50. The lowest BCUT2D eigenvalue weighted by Crippen LogP contribution is -2.19. The second-order valence-corrected chi connectivity index (χ2v) is 9.50. The van der Waals surface area contributed by atoms with Crippen molar-refractivity contribution in [3.63, 3.8) is 0 Å². The van der Waals surface area contributed by atoms with Gasteiger partial charge in [-0.2, -0.15) is 5.10 Å². The summed E-state index contributed by atoms with van der Waals surface area (Å²) < 4.78 is 20.4. The summed E-state index contributed by atoms with van der Waals surface area (Å²) in [6.45, 7) is 1.20. The number of ether oxygens (including phenoxy) is 1. The number of H-pyrrole nitrogens is 2. The van der Waals surface area contributed by atoms with Crippen molar-refractivity contribution >= 4 is 27.5 Å². The molecule has 0 aliphatic carbocycles. The summed E-state index contributed by atoms with van der Waals surface area (Å²) in [6, 6.07) is 14.7. The average Bonchev–Trinajstić information content (AvgIpc) is 3.51. The monoisotopic (exact) mass is 507 g/mol. The molecule has 0 fully saturated rings. The fourth-order valence-corrected chi connectivity index (χ4v) is 4.57. The Hall–Kier alpha value is -4.76. The van der Waals surface area contributed by atoms with Crippen molar-refractivity contribution < 1.29 is 9.13 Å². The summed E-state index contributed by atoms with van der Waals surface area (Å²) >= 11 is 0. The normalized spacial score (nSPS) is 11.6. The van der Waals surface area contributed by atoms with Gasteiger partial charge >= 0.3 is 0 Å². The Kier molecular flexibility index (Phi) is 5.97. The molecule has 6 rings (SSSR count). The quantitative estimate of drug-likeness (QED) is 0.263. The SMILES string of the molecule is CN(C)CCOc1cc(F)cc(-c2cncc3[nH]c(-c4n[nH]c5ccc(-c6cncc(N)c6)cc45)cc23)c1. The molecule has 9 heteroatoms. The number of halogens is 1. The Bertz CT molecular complexity index is 1770. The van der Waals surface area contributed by atoms with Crippen molar-refractivity contribution in [2.24, 2.45) is 0 Å². The fourth-order valence-electron chi connectivity index (χ4n) is 4.57. The molecule has 0 atom stereocenters. The van der Waals surface area contributed by atoms with Gasteiger partial charge in [0.2, 0.25) is 0 Å². The Morgan fingerprint density at radius 3 is 2.58 bits per heavy atom. The number of nitrogens with one attached hydrogen (secondary N) is 2. The van der Waals surface area contributed by atoms with E-state index in [1.807, 2.05) is 49.3 Å². The zero-order valence-corrected chi connectivity index (χ0v) is 21.0. The Morgan fingerprint density at radius 1 is 0.868 bits per heavy atom. The molecule has 0 amide bonds. The van der Waals surface area contributed by atoms with Gasteiger partial charge in [0.05, 0.1) is 28.6 Å². The number of hydrogen-bond acceptors (Lipinski definition) is 6. The number of fused-ring (bicyclic) bond motifs is 2. The van der Waals surface area contributed by atoms with Gasteiger partial charge in [0.15, 0.2) is 0 Å². The number of anilines is 1. The molecule has 4 aromatic heterocycles. The van der Waals surface area contributed by atoms with E-state index >= 15 is 0 Å². The molecule has 0 aliphatic heterocycles. The molecule has 4 heterocycles. The van der Waals surface area contributed by atoms with E-state index in [2.05, 4.69) is 31.2 Å². The minimum absolute atomic E-state index is 0.364. The van der Waals surface area contributed by atoms with Crippen LogP contribution < -0.4 is 10.5 Å². The van der Waals surface area contributed by atoms with Crippen LogP contribution in [0.2, 0.25) is 0 Å². The first-order chi connectivity index (χ1) is 18.4. The number of aromatic amines is 2. The molecule has 190 valence electrons. The second-order valence-electron chi connectivity index (χ2n) is 9.50. The summed E-state index contributed by atoms with van der Waals surface area (Å²) in [5, 5.41) is 9.57. The van der Waals surface area contributed by atoms with Gasteiger partial charge in [-0.05, 0) is 61.6 Å². The molecule has 4 N–H and O–H groups in total. The number of nitrogen functional groups attached to an aromatic ring is 1. The standard InChI is InChI=1S/C29H26FN7O/c1-37(2)5-6-38-22-9-18(7-20(30)11-22)25-15-33-16-28-23(25)12-27(34-28)29-24-10-17(3-4-26(24)35-36-29)19-8-21(31)14-32-13-19/h3-4,7-16,34H,5-6,31H2,1-2H3,(H,35,36). The van der Waals surface area contributed by atoms with Crippen LogP contribution in [0.15, 0.2) is 73.3 Å². The molecule has 6 aromatic rings. The van der Waals surface area contributed by atoms with E-state index in [1.165, 1.54) is 12.1 Å². The molecule has 0 unspecified atom stereocenters. The first kappa shape index (κ1) is 23.6. The minimum atomic E-state index is -0.364. The van der Waals surface area contributed by atoms with E-state index in [0.29, 0.717) is 23.6 Å². The van der Waals surface area contributed by atoms with Gasteiger partial charge in [0.25, 0.3) is 0 Å². The highest BCUT2D eigenvalue weighted by atomic mass is 19.1. The molecule has 0 spiro atoms. The number of benzene rings is 2. The van der Waals surface area contributed by atoms with Crippen LogP contribution in [-0.4, -0.2) is 57.3 Å². The number of pyridine rings is 2. The topological polar surface area (TPSA) is 109 Å². The van der Waals surface area contributed by atoms with E-state index in [0.717, 1.165) is 56.4 Å². The predicted molar refractivity (Wildman–Crippen MR) is 148 cm³/mol. The van der Waals surface area contributed by atoms with E-state index in [1.54, 1.807) is 24.8 Å². The van der Waals surface area contributed by atoms with Crippen LogP contribution in [0.25, 0.3) is 55.4 Å². The smallest absolute Gasteiger partial charge is 0.127 e. The fraction of sp³-hybridized carbons (Fsp3) is 0.138. The molecule has 0 aliphatic rings. The molecule has 2 aromatic carbocycles. The van der Waals surface area contributed by atoms with Crippen molar-refractivity contribution in [3.8, 4) is 39.4 Å². The van der Waals surface area contributed by atoms with Gasteiger partial charge in [-0.1, -0.05) is 6.07 Å². The molecule has 0 radical (unpaired) electrons. The number of nitrogens with zero attached hydrogens (tertiary/aromatic N) is 4. The summed E-state index contributed by atoms with van der Waals surface area (Å²) in [7, 11) is 3.93. The highest BCUT2D eigenvalue weighted by molar-refractivity contribution is 6.01. The number of rotatable bonds is 7. The lowest BCUT2D eigenvalue weighted by atomic mass is 10.0. The van der Waals surface area contributed by atoms with E-state index in [9.17, 15) is 4.39 Å². The Balaban J connectivity index is 1.40. The molecule has 0 saturated heterocycles. The van der Waals surface area contributed by atoms with Gasteiger partial charge < -0.3 is 20.4 Å². The number of hydrogen-bond donors (Lipinski definition) is 3. The highest BCUT2D eigenvalue weighted by Crippen LogP contribution is 2.36. The van der Waals surface area contributed by atoms with Crippen molar-refractivity contribution in [1.29, 1.82) is 0 Å². The van der Waals surface area contributed by atoms with Gasteiger partial charge in [0.1, 0.15) is 23.9 Å². The van der Waals surface area contributed by atoms with Crippen LogP contribution in [0.3, 0.4) is 0 Å². The zero-order chi connectivity index (χ0) is 26.2. The Morgan fingerprint density at radius 2 is 1.74 bits per heavy atom. The maximum absolute atomic E-state index is 14.6. The van der Waals surface area contributed by atoms with Crippen molar-refractivity contribution in [3.05, 3.63) is 79.1 Å². The number of likely N-dealkylation sites (N-methyl/N-ethyl adjacent to an activating group) is 1. The van der Waals surface area contributed by atoms with Crippen molar-refractivity contribution in [2.75, 3.05) is 33.0 Å². The zero-order valence-electron chi connectivity index (χ0n) is 21.0. The van der Waals surface area contributed by atoms with E-state index in [-0.39, 0.29) is 5.82 Å². The van der Waals surface area contributed by atoms with E-state index < -0.39 is 0 Å². The second kappa shape index (κ2) is 9.60. The molecule has 8 nitrogen and oxygen atoms in total. The average molecular weight is 508 g/mol. The molecular weight excluding hydrogens is 481 g/mol. The Labute approximate surface area is 218 Å². The number of nitrogens with two attached hydrogens (primary N) is 1. The first-order valence-electron chi connectivity index (χ1n) is 12.2. The van der Waals surface area contributed by atoms with Gasteiger partial charge in [-0.25, -0.2) is 4.39 Å². The van der Waals surface area contributed by atoms with Crippen LogP contribution in [-0.2, 0) is 0 Å². The van der Waals surface area contributed by atoms with Crippen LogP contribution in [0.4, 0.5) is 10.1 Å². The van der Waals surface area contributed by atoms with Gasteiger partial charge in [-0.3, -0.25) is 15.1 Å². The third kappa shape index (κ3) is 4.55. The lowest BCUT2D eigenvalue weighted by Gasteiger charge is -2.12. The van der Waals surface area contributed by atoms with Gasteiger partial charge in [0, 0.05) is 53.1 Å². The van der Waals surface area contributed by atoms with Gasteiger partial charge in [-0.15, -0.1) is 0 Å².